The fourth-order valence-corrected chi connectivity index (χ4v) is 1.41. The zero-order valence-electron chi connectivity index (χ0n) is 10.7. The van der Waals surface area contributed by atoms with Gasteiger partial charge in [-0.25, -0.2) is 0 Å². The second-order valence-electron chi connectivity index (χ2n) is 5.00. The normalized spacial score (nSPS) is 12.0. The molecule has 0 saturated carbocycles. The molecule has 0 amide bonds. The quantitative estimate of drug-likeness (QED) is 0.514. The molecule has 0 aliphatic carbocycles. The molecule has 0 atom stereocenters. The fourth-order valence-electron chi connectivity index (χ4n) is 1.41. The number of aliphatic imine (C=N–C) groups is 1. The summed E-state index contributed by atoms with van der Waals surface area (Å²) in [6, 6.07) is 6.33. The van der Waals surface area contributed by atoms with Crippen LogP contribution in [0.4, 0.5) is 5.69 Å². The molecule has 0 saturated heterocycles. The molecule has 16 heavy (non-hydrogen) atoms. The van der Waals surface area contributed by atoms with Crippen LogP contribution in [0.15, 0.2) is 35.8 Å². The number of allylic oxidation sites excluding steroid dienone is 1. The standard InChI is InChI=1S/C15H21N/c1-6-15(4,5)9-10-16-14-8-7-12(2)11-13(14)3/h6-8,10-11H,1,9H2,2-5H3. The zero-order chi connectivity index (χ0) is 12.2. The van der Waals surface area contributed by atoms with Gasteiger partial charge in [-0.3, -0.25) is 4.99 Å². The van der Waals surface area contributed by atoms with Gasteiger partial charge >= 0.3 is 0 Å². The second kappa shape index (κ2) is 5.11. The van der Waals surface area contributed by atoms with E-state index in [-0.39, 0.29) is 5.41 Å². The first-order valence-electron chi connectivity index (χ1n) is 5.68. The van der Waals surface area contributed by atoms with E-state index < -0.39 is 0 Å². The second-order valence-corrected chi connectivity index (χ2v) is 5.00. The summed E-state index contributed by atoms with van der Waals surface area (Å²) in [7, 11) is 0. The molecule has 0 unspecified atom stereocenters. The Labute approximate surface area is 98.9 Å². The van der Waals surface area contributed by atoms with Gasteiger partial charge in [-0.1, -0.05) is 37.6 Å². The highest BCUT2D eigenvalue weighted by atomic mass is 14.7. The number of benzene rings is 1. The maximum atomic E-state index is 4.51. The monoisotopic (exact) mass is 215 g/mol. The van der Waals surface area contributed by atoms with Crippen LogP contribution in [-0.2, 0) is 0 Å². The third kappa shape index (κ3) is 3.65. The Morgan fingerprint density at radius 2 is 2.00 bits per heavy atom. The number of aryl methyl sites for hydroxylation is 2. The molecule has 1 aromatic carbocycles. The van der Waals surface area contributed by atoms with Crippen molar-refractivity contribution in [1.29, 1.82) is 0 Å². The minimum atomic E-state index is 0.127. The van der Waals surface area contributed by atoms with E-state index in [0.29, 0.717) is 0 Å². The summed E-state index contributed by atoms with van der Waals surface area (Å²) in [4.78, 5) is 4.51. The lowest BCUT2D eigenvalue weighted by molar-refractivity contribution is 0.510. The van der Waals surface area contributed by atoms with Gasteiger partial charge in [-0.2, -0.15) is 0 Å². The van der Waals surface area contributed by atoms with Gasteiger partial charge in [-0.05, 0) is 37.3 Å². The van der Waals surface area contributed by atoms with Crippen molar-refractivity contribution in [2.45, 2.75) is 34.1 Å². The number of hydrogen-bond acceptors (Lipinski definition) is 1. The molecule has 1 aromatic rings. The number of nitrogens with zero attached hydrogens (tertiary/aromatic N) is 1. The van der Waals surface area contributed by atoms with Crippen LogP contribution in [0.2, 0.25) is 0 Å². The average Bonchev–Trinajstić information content (AvgIpc) is 2.21. The van der Waals surface area contributed by atoms with Crippen molar-refractivity contribution < 1.29 is 0 Å². The SMILES string of the molecule is C=CC(C)(C)CC=Nc1ccc(C)cc1C. The van der Waals surface area contributed by atoms with E-state index in [1.165, 1.54) is 11.1 Å². The van der Waals surface area contributed by atoms with Crippen molar-refractivity contribution in [2.75, 3.05) is 0 Å². The zero-order valence-corrected chi connectivity index (χ0v) is 10.7. The number of rotatable bonds is 4. The highest BCUT2D eigenvalue weighted by molar-refractivity contribution is 5.65. The van der Waals surface area contributed by atoms with Gasteiger partial charge in [0.15, 0.2) is 0 Å². The summed E-state index contributed by atoms with van der Waals surface area (Å²) >= 11 is 0. The molecule has 86 valence electrons. The summed E-state index contributed by atoms with van der Waals surface area (Å²) in [6.07, 6.45) is 4.88. The molecule has 0 heterocycles. The third-order valence-corrected chi connectivity index (χ3v) is 2.75. The molecule has 0 N–H and O–H groups in total. The van der Waals surface area contributed by atoms with Crippen LogP contribution in [-0.4, -0.2) is 6.21 Å². The first-order valence-corrected chi connectivity index (χ1v) is 5.68. The third-order valence-electron chi connectivity index (χ3n) is 2.75. The van der Waals surface area contributed by atoms with Gasteiger partial charge in [0.2, 0.25) is 0 Å². The molecule has 0 aliphatic heterocycles. The maximum Gasteiger partial charge on any atom is 0.0655 e. The molecule has 1 heteroatoms. The molecular weight excluding hydrogens is 194 g/mol. The van der Waals surface area contributed by atoms with E-state index in [1.54, 1.807) is 0 Å². The highest BCUT2D eigenvalue weighted by Crippen LogP contribution is 2.22. The number of hydrogen-bond donors (Lipinski definition) is 0. The van der Waals surface area contributed by atoms with Crippen molar-refractivity contribution in [3.63, 3.8) is 0 Å². The minimum absolute atomic E-state index is 0.127. The lowest BCUT2D eigenvalue weighted by atomic mass is 9.90. The average molecular weight is 215 g/mol. The van der Waals surface area contributed by atoms with E-state index >= 15 is 0 Å². The Morgan fingerprint density at radius 3 is 2.56 bits per heavy atom. The van der Waals surface area contributed by atoms with Gasteiger partial charge in [0.05, 0.1) is 5.69 Å². The van der Waals surface area contributed by atoms with Gasteiger partial charge in [0, 0.05) is 6.21 Å². The predicted octanol–water partition coefficient (Wildman–Crippen LogP) is 4.61. The van der Waals surface area contributed by atoms with Crippen LogP contribution in [0.5, 0.6) is 0 Å². The Kier molecular flexibility index (Phi) is 4.05. The molecule has 0 aromatic heterocycles. The largest absolute Gasteiger partial charge is 0.261 e. The van der Waals surface area contributed by atoms with E-state index in [2.05, 4.69) is 57.5 Å². The summed E-state index contributed by atoms with van der Waals surface area (Å²) in [6.45, 7) is 12.3. The van der Waals surface area contributed by atoms with Crippen LogP contribution in [0.3, 0.4) is 0 Å². The van der Waals surface area contributed by atoms with Crippen molar-refractivity contribution >= 4 is 11.9 Å². The lowest BCUT2D eigenvalue weighted by Crippen LogP contribution is -2.06. The minimum Gasteiger partial charge on any atom is -0.261 e. The molecular formula is C15H21N. The highest BCUT2D eigenvalue weighted by Gasteiger charge is 2.10. The van der Waals surface area contributed by atoms with Crippen molar-refractivity contribution in [2.24, 2.45) is 10.4 Å². The molecule has 0 aliphatic rings. The van der Waals surface area contributed by atoms with E-state index in [9.17, 15) is 0 Å². The van der Waals surface area contributed by atoms with Gasteiger partial charge in [0.25, 0.3) is 0 Å². The van der Waals surface area contributed by atoms with Crippen molar-refractivity contribution in [1.82, 2.24) is 0 Å². The van der Waals surface area contributed by atoms with Crippen LogP contribution in [0.1, 0.15) is 31.4 Å². The first kappa shape index (κ1) is 12.7. The van der Waals surface area contributed by atoms with Gasteiger partial charge in [-0.15, -0.1) is 6.58 Å². The summed E-state index contributed by atoms with van der Waals surface area (Å²) in [5.74, 6) is 0. The summed E-state index contributed by atoms with van der Waals surface area (Å²) < 4.78 is 0. The van der Waals surface area contributed by atoms with E-state index in [4.69, 9.17) is 0 Å². The van der Waals surface area contributed by atoms with Gasteiger partial charge < -0.3 is 0 Å². The van der Waals surface area contributed by atoms with E-state index in [0.717, 1.165) is 12.1 Å². The molecule has 0 spiro atoms. The van der Waals surface area contributed by atoms with Crippen LogP contribution in [0, 0.1) is 19.3 Å². The van der Waals surface area contributed by atoms with Crippen LogP contribution in [0.25, 0.3) is 0 Å². The Hall–Kier alpha value is -1.37. The van der Waals surface area contributed by atoms with Crippen molar-refractivity contribution in [3.05, 3.63) is 42.0 Å². The topological polar surface area (TPSA) is 12.4 Å². The lowest BCUT2D eigenvalue weighted by Gasteiger charge is -2.15. The Balaban J connectivity index is 2.74. The van der Waals surface area contributed by atoms with E-state index in [1.807, 2.05) is 12.3 Å². The Bertz CT molecular complexity index is 400. The molecule has 0 fully saturated rings. The molecule has 1 rings (SSSR count). The fraction of sp³-hybridized carbons (Fsp3) is 0.400. The first-order chi connectivity index (χ1) is 7.44. The van der Waals surface area contributed by atoms with Crippen molar-refractivity contribution in [3.8, 4) is 0 Å². The van der Waals surface area contributed by atoms with Crippen LogP contribution < -0.4 is 0 Å². The predicted molar refractivity (Wildman–Crippen MR) is 72.7 cm³/mol. The van der Waals surface area contributed by atoms with Crippen LogP contribution >= 0.6 is 0 Å². The Morgan fingerprint density at radius 1 is 1.31 bits per heavy atom. The molecule has 0 bridgehead atoms. The maximum absolute atomic E-state index is 4.51. The molecule has 1 nitrogen and oxygen atoms in total. The molecule has 0 radical (unpaired) electrons. The smallest absolute Gasteiger partial charge is 0.0655 e. The summed E-state index contributed by atoms with van der Waals surface area (Å²) in [5, 5.41) is 0. The summed E-state index contributed by atoms with van der Waals surface area (Å²) in [5.41, 5.74) is 3.70. The van der Waals surface area contributed by atoms with Gasteiger partial charge in [0.1, 0.15) is 0 Å².